The maximum Gasteiger partial charge on any atom is 0.193 e. The van der Waals surface area contributed by atoms with Crippen molar-refractivity contribution in [3.8, 4) is 0 Å². The van der Waals surface area contributed by atoms with Gasteiger partial charge in [-0.1, -0.05) is 263 Å². The van der Waals surface area contributed by atoms with Crippen LogP contribution in [0.15, 0.2) is 243 Å². The van der Waals surface area contributed by atoms with E-state index in [9.17, 15) is 5.11 Å². The quantitative estimate of drug-likeness (QED) is 0.0980. The van der Waals surface area contributed by atoms with Crippen molar-refractivity contribution >= 4 is 25.0 Å². The van der Waals surface area contributed by atoms with E-state index in [1.54, 1.807) is 0 Å². The summed E-state index contributed by atoms with van der Waals surface area (Å²) in [6.45, 7) is 24.8. The average molecular weight is 992 g/mol. The maximum atomic E-state index is 13.3. The first-order valence-corrected chi connectivity index (χ1v) is 34.7. The number of aliphatic hydroxyl groups is 1. The Balaban J connectivity index is 0.000000209. The van der Waals surface area contributed by atoms with Crippen molar-refractivity contribution in [3.63, 3.8) is 0 Å². The summed E-state index contributed by atoms with van der Waals surface area (Å²) in [6, 6.07) is 83.1. The fraction of sp³-hybridized carbons (Fsp3) is 0.250. The van der Waals surface area contributed by atoms with E-state index >= 15 is 0 Å². The molecule has 8 rings (SSSR count). The summed E-state index contributed by atoms with van der Waals surface area (Å²) >= 11 is 0. The van der Waals surface area contributed by atoms with Gasteiger partial charge in [0.05, 0.1) is 0 Å². The molecule has 0 aliphatic heterocycles. The minimum atomic E-state index is -2.44. The van der Waals surface area contributed by atoms with E-state index in [4.69, 9.17) is 13.3 Å². The number of rotatable bonds is 16. The Morgan fingerprint density at radius 3 is 0.634 bits per heavy atom. The van der Waals surface area contributed by atoms with Gasteiger partial charge in [0.25, 0.3) is 0 Å². The van der Waals surface area contributed by atoms with Crippen LogP contribution >= 0.6 is 0 Å². The van der Waals surface area contributed by atoms with Crippen LogP contribution in [0.1, 0.15) is 65.3 Å². The van der Waals surface area contributed by atoms with Crippen molar-refractivity contribution in [3.05, 3.63) is 287 Å². The minimum absolute atomic E-state index is 0.0733. The predicted octanol–water partition coefficient (Wildman–Crippen LogP) is 16.5. The van der Waals surface area contributed by atoms with E-state index < -0.39 is 47.4 Å². The van der Waals surface area contributed by atoms with Crippen LogP contribution in [0.5, 0.6) is 0 Å². The van der Waals surface area contributed by atoms with Crippen LogP contribution in [0, 0.1) is 0 Å². The van der Waals surface area contributed by atoms with Crippen LogP contribution in [-0.2, 0) is 35.7 Å². The van der Waals surface area contributed by atoms with E-state index in [2.05, 4.69) is 219 Å². The van der Waals surface area contributed by atoms with Crippen molar-refractivity contribution in [1.29, 1.82) is 0 Å². The molecule has 0 atom stereocenters. The Morgan fingerprint density at radius 2 is 0.451 bits per heavy atom. The van der Waals surface area contributed by atoms with Gasteiger partial charge in [0.1, 0.15) is 16.8 Å². The molecule has 8 aromatic carbocycles. The summed E-state index contributed by atoms with van der Waals surface area (Å²) in [7, 11) is -6.79. The molecule has 0 radical (unpaired) electrons. The molecule has 0 saturated carbocycles. The predicted molar refractivity (Wildman–Crippen MR) is 304 cm³/mol. The molecular weight excluding hydrogens is 917 g/mol. The fourth-order valence-electron chi connectivity index (χ4n) is 9.73. The molecule has 366 valence electrons. The third-order valence-corrected chi connectivity index (χ3v) is 19.9. The molecule has 4 nitrogen and oxygen atoms in total. The third-order valence-electron chi connectivity index (χ3n) is 13.6. The molecule has 1 N–H and O–H groups in total. The van der Waals surface area contributed by atoms with Crippen LogP contribution < -0.4 is 0 Å². The van der Waals surface area contributed by atoms with Crippen LogP contribution in [0.3, 0.4) is 0 Å². The van der Waals surface area contributed by atoms with Crippen molar-refractivity contribution in [2.75, 3.05) is 0 Å². The lowest BCUT2D eigenvalue weighted by atomic mass is 9.66. The largest absolute Gasteiger partial charge is 0.401 e. The van der Waals surface area contributed by atoms with Gasteiger partial charge < -0.3 is 18.4 Å². The van der Waals surface area contributed by atoms with Gasteiger partial charge in [-0.3, -0.25) is 0 Å². The number of benzene rings is 8. The first kappa shape index (κ1) is 53.1. The Kier molecular flexibility index (Phi) is 16.1. The Hall–Kier alpha value is -5.75. The van der Waals surface area contributed by atoms with Crippen molar-refractivity contribution in [1.82, 2.24) is 0 Å². The SMILES string of the molecule is CC(C)(C)[Si](C)(C)OC(c1ccccc1)(c1ccccc1)C(O)(c1ccccc1)c1ccccc1.C[Si](C)(C)OC(c1ccccc1)(c1ccccc1)C(O[Si](C)(C)C)(c1ccccc1)c1ccccc1. The van der Waals surface area contributed by atoms with Crippen LogP contribution in [0.4, 0.5) is 0 Å². The summed E-state index contributed by atoms with van der Waals surface area (Å²) in [4.78, 5) is 0. The molecule has 0 aliphatic carbocycles. The molecule has 0 amide bonds. The first-order valence-electron chi connectivity index (χ1n) is 25.0. The van der Waals surface area contributed by atoms with E-state index in [0.717, 1.165) is 44.5 Å². The van der Waals surface area contributed by atoms with E-state index in [1.165, 1.54) is 0 Å². The minimum Gasteiger partial charge on any atom is -0.401 e. The van der Waals surface area contributed by atoms with Crippen LogP contribution in [-0.4, -0.2) is 30.1 Å². The average Bonchev–Trinajstić information content (AvgIpc) is 3.37. The smallest absolute Gasteiger partial charge is 0.193 e. The number of hydrogen-bond acceptors (Lipinski definition) is 4. The van der Waals surface area contributed by atoms with Crippen molar-refractivity contribution in [2.24, 2.45) is 0 Å². The molecular formula is C64H74O4Si3. The molecule has 71 heavy (non-hydrogen) atoms. The normalized spacial score (nSPS) is 13.0. The number of hydrogen-bond donors (Lipinski definition) is 1. The van der Waals surface area contributed by atoms with Crippen molar-refractivity contribution in [2.45, 2.75) is 101 Å². The molecule has 0 unspecified atom stereocenters. The molecule has 0 aliphatic rings. The second-order valence-corrected chi connectivity index (χ2v) is 35.6. The van der Waals surface area contributed by atoms with Crippen molar-refractivity contribution < 1.29 is 18.4 Å². The Labute approximate surface area is 428 Å². The first-order chi connectivity index (χ1) is 33.7. The molecule has 7 heteroatoms. The molecule has 8 aromatic rings. The third kappa shape index (κ3) is 10.9. The van der Waals surface area contributed by atoms with E-state index in [0.29, 0.717) is 0 Å². The summed E-state index contributed by atoms with van der Waals surface area (Å²) in [5.74, 6) is 0. The lowest BCUT2D eigenvalue weighted by Crippen LogP contribution is -2.60. The Bertz CT molecular complexity index is 2590. The lowest BCUT2D eigenvalue weighted by Gasteiger charge is -2.55. The second-order valence-electron chi connectivity index (χ2n) is 22.0. The zero-order valence-corrected chi connectivity index (χ0v) is 46.8. The van der Waals surface area contributed by atoms with Gasteiger partial charge in [-0.15, -0.1) is 0 Å². The lowest BCUT2D eigenvalue weighted by molar-refractivity contribution is -0.103. The molecule has 0 spiro atoms. The zero-order chi connectivity index (χ0) is 51.0. The van der Waals surface area contributed by atoms with E-state index in [1.807, 2.05) is 97.1 Å². The highest BCUT2D eigenvalue weighted by Crippen LogP contribution is 2.58. The monoisotopic (exact) mass is 990 g/mol. The zero-order valence-electron chi connectivity index (χ0n) is 43.8. The summed E-state index contributed by atoms with van der Waals surface area (Å²) in [5.41, 5.74) is 3.22. The maximum absolute atomic E-state index is 13.3. The van der Waals surface area contributed by atoms with Gasteiger partial charge in [0.2, 0.25) is 0 Å². The highest BCUT2D eigenvalue weighted by atomic mass is 28.4. The van der Waals surface area contributed by atoms with Gasteiger partial charge in [-0.25, -0.2) is 0 Å². The summed E-state index contributed by atoms with van der Waals surface area (Å²) in [6.07, 6.45) is 0. The summed E-state index contributed by atoms with van der Waals surface area (Å²) in [5, 5.41) is 13.2. The Morgan fingerprint density at radius 1 is 0.268 bits per heavy atom. The van der Waals surface area contributed by atoms with Gasteiger partial charge in [-0.2, -0.15) is 0 Å². The van der Waals surface area contributed by atoms with Gasteiger partial charge >= 0.3 is 0 Å². The van der Waals surface area contributed by atoms with Gasteiger partial charge in [-0.05, 0) is 102 Å². The molecule has 0 fully saturated rings. The van der Waals surface area contributed by atoms with Gasteiger partial charge in [0, 0.05) is 0 Å². The van der Waals surface area contributed by atoms with E-state index in [-0.39, 0.29) is 5.04 Å². The van der Waals surface area contributed by atoms with Crippen LogP contribution in [0.2, 0.25) is 57.4 Å². The van der Waals surface area contributed by atoms with Gasteiger partial charge in [0.15, 0.2) is 30.6 Å². The molecule has 0 saturated heterocycles. The summed E-state index contributed by atoms with van der Waals surface area (Å²) < 4.78 is 22.6. The molecule has 0 aromatic heterocycles. The highest BCUT2D eigenvalue weighted by molar-refractivity contribution is 6.74. The highest BCUT2D eigenvalue weighted by Gasteiger charge is 2.62. The topological polar surface area (TPSA) is 47.9 Å². The molecule has 0 heterocycles. The standard InChI is InChI=1S/C32H38O2Si2.C32H36O2Si/c1-35(2,3)33-31(27-19-11-7-12-20-27,28-21-13-8-14-22-28)32(34-36(4,5)6,29-23-15-9-16-24-29)30-25-17-10-18-26-30;1-30(2,3)35(4,5)34-32(28-22-14-8-15-23-28,29-24-16-9-17-25-29)31(33,26-18-10-6-11-19-26)27-20-12-7-13-21-27/h7-26H,1-6H3;6-25,33H,1-5H3. The van der Waals surface area contributed by atoms with Crippen LogP contribution in [0.25, 0.3) is 0 Å². The second kappa shape index (κ2) is 21.5. The fourth-order valence-corrected chi connectivity index (χ4v) is 13.8. The molecule has 0 bridgehead atoms.